The maximum absolute atomic E-state index is 12.1. The van der Waals surface area contributed by atoms with Gasteiger partial charge in [0, 0.05) is 23.0 Å². The zero-order valence-electron chi connectivity index (χ0n) is 9.75. The highest BCUT2D eigenvalue weighted by molar-refractivity contribution is 7.92. The average Bonchev–Trinajstić information content (AvgIpc) is 2.81. The van der Waals surface area contributed by atoms with Crippen LogP contribution in [0.15, 0.2) is 34.8 Å². The number of aromatic nitrogens is 1. The molecule has 2 aromatic heterocycles. The lowest BCUT2D eigenvalue weighted by Gasteiger charge is -2.08. The van der Waals surface area contributed by atoms with E-state index in [0.29, 0.717) is 12.2 Å². The van der Waals surface area contributed by atoms with Crippen molar-refractivity contribution in [3.05, 3.63) is 40.3 Å². The summed E-state index contributed by atoms with van der Waals surface area (Å²) in [4.78, 5) is 4.96. The number of aryl methyl sites for hydroxylation is 1. The SMILES string of the molecule is Cc1ccncc1NS(=O)(=O)c1csc(CN)c1. The Hall–Kier alpha value is -1.44. The molecule has 0 aliphatic heterocycles. The first-order valence-electron chi connectivity index (χ1n) is 5.24. The fourth-order valence-electron chi connectivity index (χ4n) is 1.38. The Kier molecular flexibility index (Phi) is 3.65. The number of nitrogens with one attached hydrogen (secondary N) is 1. The lowest BCUT2D eigenvalue weighted by molar-refractivity contribution is 0.601. The molecule has 0 atom stereocenters. The molecule has 3 N–H and O–H groups in total. The number of anilines is 1. The predicted octanol–water partition coefficient (Wildman–Crippen LogP) is 1.71. The van der Waals surface area contributed by atoms with Gasteiger partial charge in [0.05, 0.1) is 16.8 Å². The maximum atomic E-state index is 12.1. The highest BCUT2D eigenvalue weighted by Crippen LogP contribution is 2.22. The van der Waals surface area contributed by atoms with E-state index in [4.69, 9.17) is 5.73 Å². The largest absolute Gasteiger partial charge is 0.326 e. The summed E-state index contributed by atoms with van der Waals surface area (Å²) in [7, 11) is -3.56. The van der Waals surface area contributed by atoms with Crippen molar-refractivity contribution >= 4 is 27.0 Å². The molecule has 5 nitrogen and oxygen atoms in total. The molecule has 0 aromatic carbocycles. The van der Waals surface area contributed by atoms with Gasteiger partial charge in [0.2, 0.25) is 0 Å². The van der Waals surface area contributed by atoms with Gasteiger partial charge in [-0.15, -0.1) is 11.3 Å². The van der Waals surface area contributed by atoms with Crippen LogP contribution in [-0.4, -0.2) is 13.4 Å². The van der Waals surface area contributed by atoms with E-state index in [1.165, 1.54) is 17.5 Å². The van der Waals surface area contributed by atoms with Gasteiger partial charge >= 0.3 is 0 Å². The number of thiophene rings is 1. The molecule has 0 fully saturated rings. The van der Waals surface area contributed by atoms with Crippen molar-refractivity contribution in [3.8, 4) is 0 Å². The zero-order valence-corrected chi connectivity index (χ0v) is 11.4. The molecule has 0 amide bonds. The summed E-state index contributed by atoms with van der Waals surface area (Å²) < 4.78 is 26.7. The zero-order chi connectivity index (χ0) is 13.2. The second kappa shape index (κ2) is 5.05. The number of hydrogen-bond acceptors (Lipinski definition) is 5. The van der Waals surface area contributed by atoms with Crippen molar-refractivity contribution in [2.75, 3.05) is 4.72 Å². The van der Waals surface area contributed by atoms with Crippen molar-refractivity contribution in [3.63, 3.8) is 0 Å². The van der Waals surface area contributed by atoms with E-state index in [-0.39, 0.29) is 4.90 Å². The number of nitrogens with zero attached hydrogens (tertiary/aromatic N) is 1. The van der Waals surface area contributed by atoms with Crippen molar-refractivity contribution in [1.82, 2.24) is 4.98 Å². The third-order valence-corrected chi connectivity index (χ3v) is 4.88. The van der Waals surface area contributed by atoms with Gasteiger partial charge < -0.3 is 5.73 Å². The minimum atomic E-state index is -3.56. The van der Waals surface area contributed by atoms with Crippen LogP contribution in [0.1, 0.15) is 10.4 Å². The monoisotopic (exact) mass is 283 g/mol. The van der Waals surface area contributed by atoms with Gasteiger partial charge in [-0.2, -0.15) is 0 Å². The fourth-order valence-corrected chi connectivity index (χ4v) is 3.65. The van der Waals surface area contributed by atoms with Gasteiger partial charge in [-0.3, -0.25) is 9.71 Å². The molecular weight excluding hydrogens is 270 g/mol. The van der Waals surface area contributed by atoms with E-state index in [0.717, 1.165) is 10.4 Å². The van der Waals surface area contributed by atoms with Crippen LogP contribution >= 0.6 is 11.3 Å². The smallest absolute Gasteiger partial charge is 0.262 e. The molecule has 0 aliphatic carbocycles. The van der Waals surface area contributed by atoms with Crippen LogP contribution in [0.3, 0.4) is 0 Å². The summed E-state index contributed by atoms with van der Waals surface area (Å²) in [5.41, 5.74) is 6.77. The fraction of sp³-hybridized carbons (Fsp3) is 0.182. The summed E-state index contributed by atoms with van der Waals surface area (Å²) in [6.45, 7) is 2.16. The van der Waals surface area contributed by atoms with E-state index in [2.05, 4.69) is 9.71 Å². The molecule has 0 spiro atoms. The summed E-state index contributed by atoms with van der Waals surface area (Å²) in [5.74, 6) is 0. The molecule has 2 rings (SSSR count). The van der Waals surface area contributed by atoms with Crippen molar-refractivity contribution in [2.24, 2.45) is 5.73 Å². The number of rotatable bonds is 4. The van der Waals surface area contributed by atoms with Crippen LogP contribution in [0.2, 0.25) is 0 Å². The van der Waals surface area contributed by atoms with Crippen molar-refractivity contribution < 1.29 is 8.42 Å². The van der Waals surface area contributed by atoms with Gasteiger partial charge in [0.1, 0.15) is 0 Å². The highest BCUT2D eigenvalue weighted by atomic mass is 32.2. The minimum absolute atomic E-state index is 0.233. The Morgan fingerprint density at radius 2 is 2.28 bits per heavy atom. The molecule has 0 aliphatic rings. The first kappa shape index (κ1) is 13.0. The summed E-state index contributed by atoms with van der Waals surface area (Å²) in [6, 6.07) is 3.33. The average molecular weight is 283 g/mol. The first-order valence-corrected chi connectivity index (χ1v) is 7.60. The van der Waals surface area contributed by atoms with Gasteiger partial charge in [-0.05, 0) is 24.6 Å². The Bertz CT molecular complexity index is 650. The van der Waals surface area contributed by atoms with E-state index in [1.807, 2.05) is 6.92 Å². The summed E-state index contributed by atoms with van der Waals surface area (Å²) >= 11 is 1.33. The number of sulfonamides is 1. The normalized spacial score (nSPS) is 11.4. The second-order valence-electron chi connectivity index (χ2n) is 3.75. The lowest BCUT2D eigenvalue weighted by Crippen LogP contribution is -2.13. The van der Waals surface area contributed by atoms with Gasteiger partial charge in [-0.25, -0.2) is 8.42 Å². The van der Waals surface area contributed by atoms with Gasteiger partial charge in [0.15, 0.2) is 0 Å². The van der Waals surface area contributed by atoms with E-state index < -0.39 is 10.0 Å². The standard InChI is InChI=1S/C11H13N3O2S2/c1-8-2-3-13-6-11(8)14-18(15,16)10-4-9(5-12)17-7-10/h2-4,6-7,14H,5,12H2,1H3. The molecule has 0 saturated carbocycles. The summed E-state index contributed by atoms with van der Waals surface area (Å²) in [5, 5.41) is 1.58. The molecule has 18 heavy (non-hydrogen) atoms. The Balaban J connectivity index is 2.30. The molecule has 96 valence electrons. The lowest BCUT2D eigenvalue weighted by atomic mass is 10.3. The Morgan fingerprint density at radius 1 is 1.50 bits per heavy atom. The van der Waals surface area contributed by atoms with Crippen molar-refractivity contribution in [1.29, 1.82) is 0 Å². The van der Waals surface area contributed by atoms with Crippen LogP contribution in [-0.2, 0) is 16.6 Å². The van der Waals surface area contributed by atoms with Crippen LogP contribution in [0.5, 0.6) is 0 Å². The molecule has 0 unspecified atom stereocenters. The second-order valence-corrected chi connectivity index (χ2v) is 6.43. The summed E-state index contributed by atoms with van der Waals surface area (Å²) in [6.07, 6.45) is 3.10. The van der Waals surface area contributed by atoms with Crippen LogP contribution in [0.25, 0.3) is 0 Å². The first-order chi connectivity index (χ1) is 8.53. The number of nitrogens with two attached hydrogens (primary N) is 1. The molecule has 0 bridgehead atoms. The van der Waals surface area contributed by atoms with Gasteiger partial charge in [0.25, 0.3) is 10.0 Å². The van der Waals surface area contributed by atoms with E-state index in [9.17, 15) is 8.42 Å². The number of hydrogen-bond donors (Lipinski definition) is 2. The van der Waals surface area contributed by atoms with Crippen LogP contribution in [0.4, 0.5) is 5.69 Å². The van der Waals surface area contributed by atoms with Crippen molar-refractivity contribution in [2.45, 2.75) is 18.4 Å². The molecule has 7 heteroatoms. The molecule has 2 heterocycles. The molecular formula is C11H13N3O2S2. The Morgan fingerprint density at radius 3 is 2.89 bits per heavy atom. The van der Waals surface area contributed by atoms with Crippen LogP contribution in [0, 0.1) is 6.92 Å². The number of pyridine rings is 1. The van der Waals surface area contributed by atoms with Crippen LogP contribution < -0.4 is 10.5 Å². The third kappa shape index (κ3) is 2.69. The topological polar surface area (TPSA) is 85.1 Å². The Labute approximate surface area is 110 Å². The molecule has 0 radical (unpaired) electrons. The van der Waals surface area contributed by atoms with Gasteiger partial charge in [-0.1, -0.05) is 0 Å². The van der Waals surface area contributed by atoms with E-state index >= 15 is 0 Å². The maximum Gasteiger partial charge on any atom is 0.262 e. The minimum Gasteiger partial charge on any atom is -0.326 e. The molecule has 2 aromatic rings. The highest BCUT2D eigenvalue weighted by Gasteiger charge is 2.17. The predicted molar refractivity (Wildman–Crippen MR) is 72.0 cm³/mol. The third-order valence-electron chi connectivity index (χ3n) is 2.42. The van der Waals surface area contributed by atoms with E-state index in [1.54, 1.807) is 23.7 Å². The molecule has 0 saturated heterocycles. The quantitative estimate of drug-likeness (QED) is 0.894.